The first kappa shape index (κ1) is 15.4. The van der Waals surface area contributed by atoms with Crippen molar-refractivity contribution >= 4 is 0 Å². The van der Waals surface area contributed by atoms with Crippen LogP contribution in [0.1, 0.15) is 51.2 Å². The second-order valence-corrected chi connectivity index (χ2v) is 6.26. The van der Waals surface area contributed by atoms with Crippen molar-refractivity contribution in [3.63, 3.8) is 0 Å². The molecule has 1 aliphatic rings. The van der Waals surface area contributed by atoms with E-state index < -0.39 is 0 Å². The van der Waals surface area contributed by atoms with Crippen molar-refractivity contribution in [3.8, 4) is 5.75 Å². The van der Waals surface area contributed by atoms with Crippen molar-refractivity contribution in [1.82, 2.24) is 4.90 Å². The molecule has 2 rings (SSSR count). The summed E-state index contributed by atoms with van der Waals surface area (Å²) in [7, 11) is 1.78. The Kier molecular flexibility index (Phi) is 5.09. The standard InChI is InChI=1S/C18H29NO/c1-5-12-19(13-6-2)18(3)11-10-16-15(14-18)8-7-9-17(16)20-4/h7-9H,5-6,10-14H2,1-4H3. The lowest BCUT2D eigenvalue weighted by molar-refractivity contribution is 0.0880. The Balaban J connectivity index is 2.24. The van der Waals surface area contributed by atoms with Crippen LogP contribution in [0.4, 0.5) is 0 Å². The van der Waals surface area contributed by atoms with Gasteiger partial charge in [-0.15, -0.1) is 0 Å². The molecule has 0 saturated carbocycles. The minimum absolute atomic E-state index is 0.311. The second-order valence-electron chi connectivity index (χ2n) is 6.26. The highest BCUT2D eigenvalue weighted by Gasteiger charge is 2.35. The van der Waals surface area contributed by atoms with Crippen LogP contribution in [0, 0.1) is 0 Å². The van der Waals surface area contributed by atoms with Crippen molar-refractivity contribution in [3.05, 3.63) is 29.3 Å². The molecular weight excluding hydrogens is 246 g/mol. The van der Waals surface area contributed by atoms with Gasteiger partial charge in [0.2, 0.25) is 0 Å². The van der Waals surface area contributed by atoms with E-state index in [4.69, 9.17) is 4.74 Å². The largest absolute Gasteiger partial charge is 0.496 e. The average molecular weight is 275 g/mol. The fourth-order valence-corrected chi connectivity index (χ4v) is 3.61. The number of nitrogens with zero attached hydrogens (tertiary/aromatic N) is 1. The first-order chi connectivity index (χ1) is 9.64. The van der Waals surface area contributed by atoms with E-state index in [1.807, 2.05) is 0 Å². The topological polar surface area (TPSA) is 12.5 Å². The molecule has 112 valence electrons. The van der Waals surface area contributed by atoms with Crippen LogP contribution in [0.15, 0.2) is 18.2 Å². The minimum Gasteiger partial charge on any atom is -0.496 e. The number of hydrogen-bond acceptors (Lipinski definition) is 2. The molecule has 0 spiro atoms. The van der Waals surface area contributed by atoms with Gasteiger partial charge in [-0.25, -0.2) is 0 Å². The normalized spacial score (nSPS) is 21.9. The maximum absolute atomic E-state index is 5.52. The number of benzene rings is 1. The first-order valence-electron chi connectivity index (χ1n) is 8.04. The Morgan fingerprint density at radius 1 is 1.20 bits per heavy atom. The summed E-state index contributed by atoms with van der Waals surface area (Å²) in [4.78, 5) is 2.70. The second kappa shape index (κ2) is 6.62. The van der Waals surface area contributed by atoms with Crippen molar-refractivity contribution < 1.29 is 4.74 Å². The lowest BCUT2D eigenvalue weighted by Crippen LogP contribution is -2.50. The van der Waals surface area contributed by atoms with Crippen LogP contribution in [0.25, 0.3) is 0 Å². The Morgan fingerprint density at radius 3 is 2.50 bits per heavy atom. The fraction of sp³-hybridized carbons (Fsp3) is 0.667. The van der Waals surface area contributed by atoms with Gasteiger partial charge in [-0.3, -0.25) is 4.90 Å². The highest BCUT2D eigenvalue weighted by molar-refractivity contribution is 5.43. The molecule has 1 aromatic rings. The van der Waals surface area contributed by atoms with Crippen LogP contribution < -0.4 is 4.74 Å². The SMILES string of the molecule is CCCN(CCC)C1(C)CCc2c(cccc2OC)C1. The van der Waals surface area contributed by atoms with Gasteiger partial charge in [0.05, 0.1) is 7.11 Å². The lowest BCUT2D eigenvalue weighted by atomic mass is 9.77. The van der Waals surface area contributed by atoms with E-state index >= 15 is 0 Å². The van der Waals surface area contributed by atoms with Crippen molar-refractivity contribution in [1.29, 1.82) is 0 Å². The van der Waals surface area contributed by atoms with Gasteiger partial charge in [-0.2, -0.15) is 0 Å². The molecule has 20 heavy (non-hydrogen) atoms. The maximum Gasteiger partial charge on any atom is 0.122 e. The van der Waals surface area contributed by atoms with Gasteiger partial charge in [0.25, 0.3) is 0 Å². The molecule has 1 aliphatic carbocycles. The molecule has 0 radical (unpaired) electrons. The zero-order valence-electron chi connectivity index (χ0n) is 13.5. The molecule has 0 heterocycles. The van der Waals surface area contributed by atoms with E-state index in [1.54, 1.807) is 7.11 Å². The summed E-state index contributed by atoms with van der Waals surface area (Å²) in [5.41, 5.74) is 3.22. The summed E-state index contributed by atoms with van der Waals surface area (Å²) in [6.45, 7) is 9.44. The minimum atomic E-state index is 0.311. The van der Waals surface area contributed by atoms with E-state index in [1.165, 1.54) is 43.5 Å². The van der Waals surface area contributed by atoms with E-state index in [2.05, 4.69) is 43.9 Å². The third kappa shape index (κ3) is 3.01. The predicted octanol–water partition coefficient (Wildman–Crippen LogP) is 4.06. The molecular formula is C18H29NO. The van der Waals surface area contributed by atoms with Crippen LogP contribution in [0.5, 0.6) is 5.75 Å². The van der Waals surface area contributed by atoms with Crippen LogP contribution in [0.3, 0.4) is 0 Å². The van der Waals surface area contributed by atoms with E-state index in [9.17, 15) is 0 Å². The molecule has 0 aromatic heterocycles. The molecule has 2 heteroatoms. The number of rotatable bonds is 6. The Labute approximate surface area is 124 Å². The van der Waals surface area contributed by atoms with E-state index in [0.717, 1.165) is 18.6 Å². The van der Waals surface area contributed by atoms with Gasteiger partial charge in [0.15, 0.2) is 0 Å². The van der Waals surface area contributed by atoms with Gasteiger partial charge >= 0.3 is 0 Å². The molecule has 1 aromatic carbocycles. The van der Waals surface area contributed by atoms with Gasteiger partial charge in [-0.1, -0.05) is 26.0 Å². The predicted molar refractivity (Wildman–Crippen MR) is 85.6 cm³/mol. The van der Waals surface area contributed by atoms with E-state index in [-0.39, 0.29) is 0 Å². The Hall–Kier alpha value is -1.02. The number of fused-ring (bicyclic) bond motifs is 1. The molecule has 0 fully saturated rings. The summed E-state index contributed by atoms with van der Waals surface area (Å²) >= 11 is 0. The highest BCUT2D eigenvalue weighted by Crippen LogP contribution is 2.37. The van der Waals surface area contributed by atoms with Gasteiger partial charge in [0.1, 0.15) is 5.75 Å². The zero-order valence-corrected chi connectivity index (χ0v) is 13.5. The number of ether oxygens (including phenoxy) is 1. The smallest absolute Gasteiger partial charge is 0.122 e. The summed E-state index contributed by atoms with van der Waals surface area (Å²) < 4.78 is 5.52. The lowest BCUT2D eigenvalue weighted by Gasteiger charge is -2.45. The van der Waals surface area contributed by atoms with Crippen LogP contribution >= 0.6 is 0 Å². The molecule has 0 amide bonds. The van der Waals surface area contributed by atoms with Gasteiger partial charge in [0, 0.05) is 5.54 Å². The summed E-state index contributed by atoms with van der Waals surface area (Å²) in [6, 6.07) is 6.51. The molecule has 0 bridgehead atoms. The first-order valence-corrected chi connectivity index (χ1v) is 8.04. The summed E-state index contributed by atoms with van der Waals surface area (Å²) in [6.07, 6.45) is 6.00. The Morgan fingerprint density at radius 2 is 1.90 bits per heavy atom. The van der Waals surface area contributed by atoms with Crippen LogP contribution in [-0.2, 0) is 12.8 Å². The van der Waals surface area contributed by atoms with Crippen molar-refractivity contribution in [2.24, 2.45) is 0 Å². The summed E-state index contributed by atoms with van der Waals surface area (Å²) in [5.74, 6) is 1.07. The molecule has 0 saturated heterocycles. The quantitative estimate of drug-likeness (QED) is 0.776. The molecule has 0 N–H and O–H groups in total. The highest BCUT2D eigenvalue weighted by atomic mass is 16.5. The maximum atomic E-state index is 5.52. The van der Waals surface area contributed by atoms with Gasteiger partial charge < -0.3 is 4.74 Å². The van der Waals surface area contributed by atoms with E-state index in [0.29, 0.717) is 5.54 Å². The van der Waals surface area contributed by atoms with Crippen LogP contribution in [0.2, 0.25) is 0 Å². The fourth-order valence-electron chi connectivity index (χ4n) is 3.61. The molecule has 0 aliphatic heterocycles. The van der Waals surface area contributed by atoms with Gasteiger partial charge in [-0.05, 0) is 69.3 Å². The molecule has 1 atom stereocenters. The Bertz CT molecular complexity index is 437. The molecule has 1 unspecified atom stereocenters. The third-order valence-corrected chi connectivity index (χ3v) is 4.69. The number of hydrogen-bond donors (Lipinski definition) is 0. The van der Waals surface area contributed by atoms with Crippen molar-refractivity contribution in [2.75, 3.05) is 20.2 Å². The zero-order chi connectivity index (χ0) is 14.6. The summed E-state index contributed by atoms with van der Waals surface area (Å²) in [5, 5.41) is 0. The van der Waals surface area contributed by atoms with Crippen LogP contribution in [-0.4, -0.2) is 30.6 Å². The third-order valence-electron chi connectivity index (χ3n) is 4.69. The monoisotopic (exact) mass is 275 g/mol. The van der Waals surface area contributed by atoms with Crippen molar-refractivity contribution in [2.45, 2.75) is 58.4 Å². The molecule has 2 nitrogen and oxygen atoms in total. The average Bonchev–Trinajstić information content (AvgIpc) is 2.46. The number of methoxy groups -OCH3 is 1.